The van der Waals surface area contributed by atoms with Crippen molar-refractivity contribution in [2.75, 3.05) is 5.73 Å². The number of nitrogens with zero attached hydrogens (tertiary/aromatic N) is 2. The monoisotopic (exact) mass is 175 g/mol. The first-order valence-corrected chi connectivity index (χ1v) is 4.12. The first kappa shape index (κ1) is 7.87. The summed E-state index contributed by atoms with van der Waals surface area (Å²) < 4.78 is 5.45. The van der Waals surface area contributed by atoms with E-state index >= 15 is 0 Å². The Morgan fingerprint density at radius 3 is 2.92 bits per heavy atom. The van der Waals surface area contributed by atoms with Crippen molar-refractivity contribution < 1.29 is 4.74 Å². The second-order valence-electron chi connectivity index (χ2n) is 3.04. The van der Waals surface area contributed by atoms with E-state index in [9.17, 15) is 0 Å². The van der Waals surface area contributed by atoms with E-state index in [4.69, 9.17) is 15.7 Å². The van der Waals surface area contributed by atoms with E-state index in [1.807, 2.05) is 6.07 Å². The van der Waals surface area contributed by atoms with Gasteiger partial charge in [-0.15, -0.1) is 0 Å². The lowest BCUT2D eigenvalue weighted by molar-refractivity contribution is 0.302. The molecule has 2 N–H and O–H groups in total. The highest BCUT2D eigenvalue weighted by Gasteiger charge is 2.23. The second kappa shape index (κ2) is 2.94. The van der Waals surface area contributed by atoms with Crippen LogP contribution >= 0.6 is 0 Å². The van der Waals surface area contributed by atoms with E-state index in [2.05, 4.69) is 4.98 Å². The zero-order valence-corrected chi connectivity index (χ0v) is 7.03. The highest BCUT2D eigenvalue weighted by Crippen LogP contribution is 2.27. The van der Waals surface area contributed by atoms with Crippen LogP contribution in [-0.2, 0) is 0 Å². The SMILES string of the molecule is N#Cc1ncc(OC2CC2)cc1N. The summed E-state index contributed by atoms with van der Waals surface area (Å²) in [6.45, 7) is 0. The third-order valence-electron chi connectivity index (χ3n) is 1.83. The maximum Gasteiger partial charge on any atom is 0.163 e. The quantitative estimate of drug-likeness (QED) is 0.729. The van der Waals surface area contributed by atoms with Crippen LogP contribution in [0.1, 0.15) is 18.5 Å². The van der Waals surface area contributed by atoms with Gasteiger partial charge in [-0.3, -0.25) is 0 Å². The van der Waals surface area contributed by atoms with Gasteiger partial charge in [0.25, 0.3) is 0 Å². The lowest BCUT2D eigenvalue weighted by Gasteiger charge is -2.04. The minimum atomic E-state index is 0.253. The topological polar surface area (TPSA) is 71.9 Å². The molecule has 0 amide bonds. The Balaban J connectivity index is 2.19. The summed E-state index contributed by atoms with van der Waals surface area (Å²) in [5.41, 5.74) is 6.19. The smallest absolute Gasteiger partial charge is 0.163 e. The highest BCUT2D eigenvalue weighted by atomic mass is 16.5. The fourth-order valence-corrected chi connectivity index (χ4v) is 0.998. The first-order chi connectivity index (χ1) is 6.29. The van der Waals surface area contributed by atoms with Crippen LogP contribution < -0.4 is 10.5 Å². The molecule has 4 heteroatoms. The zero-order valence-electron chi connectivity index (χ0n) is 7.03. The van der Waals surface area contributed by atoms with Crippen LogP contribution in [0.3, 0.4) is 0 Å². The summed E-state index contributed by atoms with van der Waals surface area (Å²) in [6, 6.07) is 3.54. The first-order valence-electron chi connectivity index (χ1n) is 4.12. The van der Waals surface area contributed by atoms with Gasteiger partial charge in [0.05, 0.1) is 18.0 Å². The van der Waals surface area contributed by atoms with Gasteiger partial charge in [0.15, 0.2) is 5.69 Å². The van der Waals surface area contributed by atoms with Gasteiger partial charge < -0.3 is 10.5 Å². The van der Waals surface area contributed by atoms with Crippen LogP contribution in [0.5, 0.6) is 5.75 Å². The molecule has 13 heavy (non-hydrogen) atoms. The van der Waals surface area contributed by atoms with Crippen LogP contribution in [0.2, 0.25) is 0 Å². The van der Waals surface area contributed by atoms with Gasteiger partial charge in [-0.05, 0) is 12.8 Å². The molecule has 0 atom stereocenters. The lowest BCUT2D eigenvalue weighted by atomic mass is 10.3. The molecular weight excluding hydrogens is 166 g/mol. The molecule has 1 aliphatic carbocycles. The maximum absolute atomic E-state index is 8.57. The molecule has 0 saturated heterocycles. The largest absolute Gasteiger partial charge is 0.489 e. The number of pyridine rings is 1. The average Bonchev–Trinajstić information content (AvgIpc) is 2.89. The van der Waals surface area contributed by atoms with Crippen molar-refractivity contribution in [3.8, 4) is 11.8 Å². The number of nitrogen functional groups attached to an aromatic ring is 1. The molecule has 1 saturated carbocycles. The molecule has 0 spiro atoms. The summed E-state index contributed by atoms with van der Waals surface area (Å²) in [5.74, 6) is 0.652. The molecule has 1 fully saturated rings. The molecule has 2 rings (SSSR count). The number of nitrogens with two attached hydrogens (primary N) is 1. The van der Waals surface area contributed by atoms with Crippen LogP contribution in [-0.4, -0.2) is 11.1 Å². The molecule has 66 valence electrons. The van der Waals surface area contributed by atoms with Gasteiger partial charge in [0.1, 0.15) is 11.8 Å². The predicted molar refractivity (Wildman–Crippen MR) is 47.0 cm³/mol. The van der Waals surface area contributed by atoms with E-state index in [0.29, 0.717) is 17.5 Å². The van der Waals surface area contributed by atoms with Crippen molar-refractivity contribution in [1.82, 2.24) is 4.98 Å². The van der Waals surface area contributed by atoms with E-state index < -0.39 is 0 Å². The van der Waals surface area contributed by atoms with Gasteiger partial charge in [-0.25, -0.2) is 4.98 Å². The van der Waals surface area contributed by atoms with Gasteiger partial charge in [-0.1, -0.05) is 0 Å². The highest BCUT2D eigenvalue weighted by molar-refractivity contribution is 5.52. The predicted octanol–water partition coefficient (Wildman–Crippen LogP) is 1.08. The minimum Gasteiger partial charge on any atom is -0.489 e. The van der Waals surface area contributed by atoms with E-state index in [-0.39, 0.29) is 5.69 Å². The van der Waals surface area contributed by atoms with Crippen LogP contribution in [0, 0.1) is 11.3 Å². The lowest BCUT2D eigenvalue weighted by Crippen LogP contribution is -1.99. The second-order valence-corrected chi connectivity index (χ2v) is 3.04. The Labute approximate surface area is 76.0 Å². The normalized spacial score (nSPS) is 15.0. The number of nitriles is 1. The standard InChI is InChI=1S/C9H9N3O/c10-4-9-8(11)3-7(5-12-9)13-6-1-2-6/h3,5-6H,1-2,11H2. The maximum atomic E-state index is 8.57. The molecule has 0 unspecified atom stereocenters. The number of hydrogen-bond acceptors (Lipinski definition) is 4. The van der Waals surface area contributed by atoms with Crippen molar-refractivity contribution in [3.05, 3.63) is 18.0 Å². The number of ether oxygens (including phenoxy) is 1. The fourth-order valence-electron chi connectivity index (χ4n) is 0.998. The van der Waals surface area contributed by atoms with Crippen molar-refractivity contribution in [2.45, 2.75) is 18.9 Å². The Hall–Kier alpha value is -1.76. The molecule has 1 aromatic rings. The van der Waals surface area contributed by atoms with Gasteiger partial charge in [0.2, 0.25) is 0 Å². The molecule has 0 aromatic carbocycles. The van der Waals surface area contributed by atoms with Gasteiger partial charge in [0, 0.05) is 6.07 Å². The van der Waals surface area contributed by atoms with Crippen molar-refractivity contribution >= 4 is 5.69 Å². The van der Waals surface area contributed by atoms with Gasteiger partial charge in [-0.2, -0.15) is 5.26 Å². The Morgan fingerprint density at radius 1 is 1.62 bits per heavy atom. The average molecular weight is 175 g/mol. The van der Waals surface area contributed by atoms with Crippen LogP contribution in [0.25, 0.3) is 0 Å². The van der Waals surface area contributed by atoms with Gasteiger partial charge >= 0.3 is 0 Å². The van der Waals surface area contributed by atoms with Crippen molar-refractivity contribution in [3.63, 3.8) is 0 Å². The summed E-state index contributed by atoms with van der Waals surface area (Å²) in [4.78, 5) is 3.87. The third-order valence-corrected chi connectivity index (χ3v) is 1.83. The molecule has 1 aliphatic rings. The number of aromatic nitrogens is 1. The Morgan fingerprint density at radius 2 is 2.38 bits per heavy atom. The molecule has 1 heterocycles. The van der Waals surface area contributed by atoms with E-state index in [1.165, 1.54) is 6.20 Å². The summed E-state index contributed by atoms with van der Waals surface area (Å²) in [5, 5.41) is 8.57. The minimum absolute atomic E-state index is 0.253. The molecular formula is C9H9N3O. The summed E-state index contributed by atoms with van der Waals surface area (Å²) >= 11 is 0. The van der Waals surface area contributed by atoms with Crippen LogP contribution in [0.4, 0.5) is 5.69 Å². The number of rotatable bonds is 2. The van der Waals surface area contributed by atoms with E-state index in [0.717, 1.165) is 12.8 Å². The van der Waals surface area contributed by atoms with E-state index in [1.54, 1.807) is 6.07 Å². The summed E-state index contributed by atoms with van der Waals surface area (Å²) in [6.07, 6.45) is 4.06. The summed E-state index contributed by atoms with van der Waals surface area (Å²) in [7, 11) is 0. The fraction of sp³-hybridized carbons (Fsp3) is 0.333. The number of hydrogen-bond donors (Lipinski definition) is 1. The van der Waals surface area contributed by atoms with Crippen LogP contribution in [0.15, 0.2) is 12.3 Å². The number of anilines is 1. The molecule has 0 radical (unpaired) electrons. The Bertz CT molecular complexity index is 366. The van der Waals surface area contributed by atoms with Crippen molar-refractivity contribution in [2.24, 2.45) is 0 Å². The Kier molecular flexibility index (Phi) is 1.78. The van der Waals surface area contributed by atoms with Crippen molar-refractivity contribution in [1.29, 1.82) is 5.26 Å². The molecule has 0 bridgehead atoms. The zero-order chi connectivity index (χ0) is 9.26. The molecule has 4 nitrogen and oxygen atoms in total. The molecule has 1 aromatic heterocycles. The third kappa shape index (κ3) is 1.70. The molecule has 0 aliphatic heterocycles.